The van der Waals surface area contributed by atoms with Gasteiger partial charge in [0.05, 0.1) is 13.2 Å². The molecule has 6 heteroatoms. The van der Waals surface area contributed by atoms with Gasteiger partial charge < -0.3 is 19.7 Å². The molecular weight excluding hydrogens is 359 g/mol. The monoisotopic (exact) mass is 382 g/mol. The summed E-state index contributed by atoms with van der Waals surface area (Å²) >= 11 is 0. The fourth-order valence-electron chi connectivity index (χ4n) is 3.44. The summed E-state index contributed by atoms with van der Waals surface area (Å²) in [6, 6.07) is 13.9. The maximum Gasteiger partial charge on any atom is 0.322 e. The van der Waals surface area contributed by atoms with Crippen LogP contribution < -0.4 is 10.1 Å². The predicted molar refractivity (Wildman–Crippen MR) is 106 cm³/mol. The van der Waals surface area contributed by atoms with Crippen molar-refractivity contribution in [2.75, 3.05) is 31.6 Å². The largest absolute Gasteiger partial charge is 0.488 e. The van der Waals surface area contributed by atoms with Crippen LogP contribution in [0.4, 0.5) is 14.9 Å². The van der Waals surface area contributed by atoms with Crippen LogP contribution in [-0.2, 0) is 4.74 Å². The molecule has 0 aliphatic carbocycles. The minimum atomic E-state index is -0.224. The average molecular weight is 382 g/mol. The van der Waals surface area contributed by atoms with Gasteiger partial charge >= 0.3 is 6.03 Å². The quantitative estimate of drug-likeness (QED) is 0.857. The molecule has 28 heavy (non-hydrogen) atoms. The van der Waals surface area contributed by atoms with E-state index in [1.54, 1.807) is 17.0 Å². The Bertz CT molecular complexity index is 860. The molecule has 1 fully saturated rings. The Morgan fingerprint density at radius 3 is 2.68 bits per heavy atom. The molecule has 2 aromatic carbocycles. The summed E-state index contributed by atoms with van der Waals surface area (Å²) in [5.41, 5.74) is 2.27. The predicted octanol–water partition coefficient (Wildman–Crippen LogP) is 4.31. The third-order valence-corrected chi connectivity index (χ3v) is 5.01. The molecule has 2 amide bonds. The number of hydrogen-bond acceptors (Lipinski definition) is 3. The van der Waals surface area contributed by atoms with E-state index in [2.05, 4.69) is 5.32 Å². The maximum absolute atomic E-state index is 13.9. The summed E-state index contributed by atoms with van der Waals surface area (Å²) < 4.78 is 25.1. The summed E-state index contributed by atoms with van der Waals surface area (Å²) in [6.45, 7) is 2.37. The van der Waals surface area contributed by atoms with Gasteiger partial charge in [-0.2, -0.15) is 0 Å². The number of nitrogens with one attached hydrogen (secondary N) is 1. The van der Waals surface area contributed by atoms with E-state index in [4.69, 9.17) is 9.47 Å². The smallest absolute Gasteiger partial charge is 0.322 e. The minimum absolute atomic E-state index is 0.101. The lowest BCUT2D eigenvalue weighted by Gasteiger charge is -2.27. The van der Waals surface area contributed by atoms with Crippen molar-refractivity contribution < 1.29 is 18.7 Å². The van der Waals surface area contributed by atoms with Crippen molar-refractivity contribution in [3.8, 4) is 5.75 Å². The molecule has 0 spiro atoms. The lowest BCUT2D eigenvalue weighted by Crippen LogP contribution is -2.37. The summed E-state index contributed by atoms with van der Waals surface area (Å²) in [7, 11) is 0. The number of benzene rings is 2. The molecule has 0 saturated carbocycles. The molecule has 146 valence electrons. The van der Waals surface area contributed by atoms with Crippen LogP contribution in [0.5, 0.6) is 5.75 Å². The molecule has 1 N–H and O–H groups in total. The first-order valence-corrected chi connectivity index (χ1v) is 9.53. The lowest BCUT2D eigenvalue weighted by molar-refractivity contribution is 0.141. The highest BCUT2D eigenvalue weighted by Gasteiger charge is 2.20. The molecule has 0 aromatic heterocycles. The van der Waals surface area contributed by atoms with Crippen LogP contribution in [0.2, 0.25) is 0 Å². The standard InChI is InChI=1S/C22H23FN2O3/c23-21-4-2-1-3-20(21)16-9-12-25(13-10-16)22(26)24-17-5-7-18(8-6-17)28-19-11-14-27-15-19/h1-9,19H,10-15H2,(H,24,26)/t19-/m0/s1. The van der Waals surface area contributed by atoms with E-state index in [9.17, 15) is 9.18 Å². The summed E-state index contributed by atoms with van der Waals surface area (Å²) in [4.78, 5) is 14.2. The number of hydrogen-bond donors (Lipinski definition) is 1. The molecule has 1 saturated heterocycles. The molecule has 5 nitrogen and oxygen atoms in total. The van der Waals surface area contributed by atoms with Crippen LogP contribution in [0.15, 0.2) is 54.6 Å². The second kappa shape index (κ2) is 8.44. The highest BCUT2D eigenvalue weighted by Crippen LogP contribution is 2.25. The van der Waals surface area contributed by atoms with Crippen molar-refractivity contribution in [2.45, 2.75) is 18.9 Å². The van der Waals surface area contributed by atoms with E-state index < -0.39 is 0 Å². The summed E-state index contributed by atoms with van der Waals surface area (Å²) in [5.74, 6) is 0.544. The number of carbonyl (C=O) groups excluding carboxylic acids is 1. The van der Waals surface area contributed by atoms with Gasteiger partial charge in [-0.15, -0.1) is 0 Å². The minimum Gasteiger partial charge on any atom is -0.488 e. The zero-order valence-corrected chi connectivity index (χ0v) is 15.6. The first kappa shape index (κ1) is 18.5. The third kappa shape index (κ3) is 4.34. The Hall–Kier alpha value is -2.86. The molecule has 4 rings (SSSR count). The Morgan fingerprint density at radius 1 is 1.18 bits per heavy atom. The third-order valence-electron chi connectivity index (χ3n) is 5.01. The summed E-state index contributed by atoms with van der Waals surface area (Å²) in [5, 5.41) is 2.90. The lowest BCUT2D eigenvalue weighted by atomic mass is 9.99. The van der Waals surface area contributed by atoms with Crippen molar-refractivity contribution >= 4 is 17.3 Å². The Kier molecular flexibility index (Phi) is 5.58. The van der Waals surface area contributed by atoms with Crippen molar-refractivity contribution in [3.05, 3.63) is 66.0 Å². The fraction of sp³-hybridized carbons (Fsp3) is 0.318. The summed E-state index contributed by atoms with van der Waals surface area (Å²) in [6.07, 6.45) is 3.55. The van der Waals surface area contributed by atoms with Crippen molar-refractivity contribution in [2.24, 2.45) is 0 Å². The van der Waals surface area contributed by atoms with E-state index in [0.717, 1.165) is 24.4 Å². The zero-order chi connectivity index (χ0) is 19.3. The normalized spacial score (nSPS) is 19.2. The number of anilines is 1. The van der Waals surface area contributed by atoms with Gasteiger partial charge in [0.2, 0.25) is 0 Å². The Morgan fingerprint density at radius 2 is 2.00 bits per heavy atom. The van der Waals surface area contributed by atoms with Crippen molar-refractivity contribution in [1.82, 2.24) is 4.90 Å². The van der Waals surface area contributed by atoms with Gasteiger partial charge in [-0.25, -0.2) is 9.18 Å². The highest BCUT2D eigenvalue weighted by atomic mass is 19.1. The fourth-order valence-corrected chi connectivity index (χ4v) is 3.44. The van der Waals surface area contributed by atoms with Gasteiger partial charge in [-0.05, 0) is 42.3 Å². The number of urea groups is 1. The van der Waals surface area contributed by atoms with Crippen LogP contribution in [-0.4, -0.2) is 43.3 Å². The van der Waals surface area contributed by atoms with Crippen molar-refractivity contribution in [3.63, 3.8) is 0 Å². The number of carbonyl (C=O) groups is 1. The van der Waals surface area contributed by atoms with Gasteiger partial charge in [0.25, 0.3) is 0 Å². The van der Waals surface area contributed by atoms with Gasteiger partial charge in [-0.3, -0.25) is 0 Å². The SMILES string of the molecule is O=C(Nc1ccc(O[C@H]2CCOC2)cc1)N1CC=C(c2ccccc2F)CC1. The molecule has 2 aliphatic rings. The van der Waals surface area contributed by atoms with Crippen LogP contribution in [0.3, 0.4) is 0 Å². The molecule has 2 heterocycles. The molecule has 0 bridgehead atoms. The van der Waals surface area contributed by atoms with E-state index in [1.807, 2.05) is 36.4 Å². The number of nitrogens with zero attached hydrogens (tertiary/aromatic N) is 1. The van der Waals surface area contributed by atoms with Crippen molar-refractivity contribution in [1.29, 1.82) is 0 Å². The molecular formula is C22H23FN2O3. The average Bonchev–Trinajstić information content (AvgIpc) is 3.23. The van der Waals surface area contributed by atoms with E-state index >= 15 is 0 Å². The van der Waals surface area contributed by atoms with Crippen LogP contribution in [0.1, 0.15) is 18.4 Å². The first-order valence-electron chi connectivity index (χ1n) is 9.53. The molecule has 1 atom stereocenters. The molecule has 0 unspecified atom stereocenters. The van der Waals surface area contributed by atoms with Crippen LogP contribution in [0, 0.1) is 5.82 Å². The number of amides is 2. The second-order valence-corrected chi connectivity index (χ2v) is 6.96. The molecule has 2 aliphatic heterocycles. The van der Waals surface area contributed by atoms with Gasteiger partial charge in [-0.1, -0.05) is 24.3 Å². The van der Waals surface area contributed by atoms with E-state index in [0.29, 0.717) is 37.4 Å². The number of halogens is 1. The Balaban J connectivity index is 1.32. The Labute approximate surface area is 163 Å². The highest BCUT2D eigenvalue weighted by molar-refractivity contribution is 5.90. The number of ether oxygens (including phenoxy) is 2. The van der Waals surface area contributed by atoms with E-state index in [-0.39, 0.29) is 18.0 Å². The van der Waals surface area contributed by atoms with Crippen LogP contribution in [0.25, 0.3) is 5.57 Å². The molecule has 2 aromatic rings. The van der Waals surface area contributed by atoms with Gasteiger partial charge in [0.1, 0.15) is 17.7 Å². The van der Waals surface area contributed by atoms with Crippen LogP contribution >= 0.6 is 0 Å². The second-order valence-electron chi connectivity index (χ2n) is 6.96. The maximum atomic E-state index is 13.9. The zero-order valence-electron chi connectivity index (χ0n) is 15.6. The number of rotatable bonds is 4. The molecule has 0 radical (unpaired) electrons. The first-order chi connectivity index (χ1) is 13.7. The van der Waals surface area contributed by atoms with Gasteiger partial charge in [0.15, 0.2) is 0 Å². The topological polar surface area (TPSA) is 50.8 Å². The van der Waals surface area contributed by atoms with E-state index in [1.165, 1.54) is 6.07 Å². The van der Waals surface area contributed by atoms with Gasteiger partial charge in [0, 0.05) is 30.8 Å².